The van der Waals surface area contributed by atoms with Gasteiger partial charge in [-0.25, -0.2) is 0 Å². The minimum absolute atomic E-state index is 0.272. The van der Waals surface area contributed by atoms with Crippen molar-refractivity contribution < 1.29 is 14.7 Å². The molecular formula is C54H107NO3S2. The number of nitrogens with zero attached hydrogens (tertiary/aromatic N) is 1. The molecule has 0 aromatic heterocycles. The van der Waals surface area contributed by atoms with E-state index in [9.17, 15) is 14.7 Å². The van der Waals surface area contributed by atoms with Gasteiger partial charge < -0.3 is 10.0 Å². The third-order valence-corrected chi connectivity index (χ3v) is 15.2. The van der Waals surface area contributed by atoms with E-state index in [-0.39, 0.29) is 12.5 Å². The quantitative estimate of drug-likeness (QED) is 0.0614. The van der Waals surface area contributed by atoms with Gasteiger partial charge in [-0.3, -0.25) is 9.59 Å². The van der Waals surface area contributed by atoms with Gasteiger partial charge in [0, 0.05) is 29.9 Å². The third kappa shape index (κ3) is 43.2. The summed E-state index contributed by atoms with van der Waals surface area (Å²) in [6.45, 7) is 12.6. The Balaban J connectivity index is 4.59. The van der Waals surface area contributed by atoms with E-state index in [0.717, 1.165) is 76.8 Å². The van der Waals surface area contributed by atoms with Gasteiger partial charge in [-0.15, -0.1) is 0 Å². The molecule has 0 saturated heterocycles. The van der Waals surface area contributed by atoms with E-state index in [1.165, 1.54) is 212 Å². The molecule has 0 aliphatic heterocycles. The van der Waals surface area contributed by atoms with Crippen molar-refractivity contribution >= 4 is 33.8 Å². The minimum Gasteiger partial charge on any atom is -0.396 e. The molecule has 0 aliphatic carbocycles. The molecule has 2 unspecified atom stereocenters. The van der Waals surface area contributed by atoms with Crippen LogP contribution in [0.4, 0.5) is 0 Å². The van der Waals surface area contributed by atoms with Crippen LogP contribution in [-0.2, 0) is 9.59 Å². The Morgan fingerprint density at radius 1 is 0.417 bits per heavy atom. The van der Waals surface area contributed by atoms with Gasteiger partial charge in [0.05, 0.1) is 0 Å². The van der Waals surface area contributed by atoms with Crippen LogP contribution in [0.5, 0.6) is 0 Å². The first-order valence-electron chi connectivity index (χ1n) is 27.2. The maximum Gasteiger partial charge on any atom is 0.192 e. The first-order chi connectivity index (χ1) is 29.5. The van der Waals surface area contributed by atoms with E-state index in [4.69, 9.17) is 0 Å². The lowest BCUT2D eigenvalue weighted by molar-refractivity contribution is -0.115. The van der Waals surface area contributed by atoms with Gasteiger partial charge in [-0.05, 0) is 83.8 Å². The Morgan fingerprint density at radius 2 is 0.767 bits per heavy atom. The lowest BCUT2D eigenvalue weighted by Gasteiger charge is -2.22. The van der Waals surface area contributed by atoms with Crippen LogP contribution in [0, 0.1) is 5.92 Å². The second-order valence-electron chi connectivity index (χ2n) is 18.8. The summed E-state index contributed by atoms with van der Waals surface area (Å²) in [7, 11) is 0. The monoisotopic (exact) mass is 882 g/mol. The third-order valence-electron chi connectivity index (χ3n) is 12.8. The van der Waals surface area contributed by atoms with Gasteiger partial charge in [-0.2, -0.15) is 0 Å². The zero-order valence-electron chi connectivity index (χ0n) is 41.2. The Bertz CT molecular complexity index is 872. The highest BCUT2D eigenvalue weighted by Gasteiger charge is 2.19. The summed E-state index contributed by atoms with van der Waals surface area (Å²) < 4.78 is 0. The van der Waals surface area contributed by atoms with E-state index >= 15 is 0 Å². The van der Waals surface area contributed by atoms with Crippen molar-refractivity contribution in [1.82, 2.24) is 4.90 Å². The first kappa shape index (κ1) is 60.0. The highest BCUT2D eigenvalue weighted by molar-refractivity contribution is 8.14. The number of carbonyl (C=O) groups is 2. The Morgan fingerprint density at radius 3 is 1.20 bits per heavy atom. The summed E-state index contributed by atoms with van der Waals surface area (Å²) in [4.78, 5) is 29.1. The predicted octanol–water partition coefficient (Wildman–Crippen LogP) is 17.9. The number of aliphatic hydroxyl groups is 1. The molecule has 0 aromatic rings. The molecule has 0 saturated carbocycles. The molecule has 1 N–H and O–H groups in total. The topological polar surface area (TPSA) is 57.6 Å². The predicted molar refractivity (Wildman–Crippen MR) is 273 cm³/mol. The van der Waals surface area contributed by atoms with Crippen LogP contribution >= 0.6 is 23.5 Å². The molecule has 0 amide bonds. The van der Waals surface area contributed by atoms with Crippen LogP contribution in [0.25, 0.3) is 0 Å². The summed E-state index contributed by atoms with van der Waals surface area (Å²) in [5.41, 5.74) is 0. The molecule has 2 atom stereocenters. The van der Waals surface area contributed by atoms with Crippen LogP contribution in [0.3, 0.4) is 0 Å². The van der Waals surface area contributed by atoms with Crippen molar-refractivity contribution in [3.05, 3.63) is 0 Å². The average Bonchev–Trinajstić information content (AvgIpc) is 3.25. The SMILES string of the molecule is CCCCCCCCCCC(CCCCCCCC)SC(=O)CCCCN(CCCCO)CCCCCCSC(=O)C(CCCCCCCC)CCCCCCCCCC. The number of unbranched alkanes of at least 4 members (excludes halogenated alkanes) is 29. The molecule has 0 fully saturated rings. The van der Waals surface area contributed by atoms with E-state index < -0.39 is 0 Å². The minimum atomic E-state index is 0.272. The van der Waals surface area contributed by atoms with Crippen LogP contribution in [-0.4, -0.2) is 57.5 Å². The number of rotatable bonds is 50. The zero-order chi connectivity index (χ0) is 43.8. The summed E-state index contributed by atoms with van der Waals surface area (Å²) in [6, 6.07) is 0. The number of thioether (sulfide) groups is 2. The fourth-order valence-electron chi connectivity index (χ4n) is 8.71. The summed E-state index contributed by atoms with van der Waals surface area (Å²) in [5.74, 6) is 1.25. The van der Waals surface area contributed by atoms with E-state index in [2.05, 4.69) is 32.6 Å². The smallest absolute Gasteiger partial charge is 0.192 e. The van der Waals surface area contributed by atoms with Crippen molar-refractivity contribution in [1.29, 1.82) is 0 Å². The normalized spacial score (nSPS) is 12.8. The number of hydrogen-bond donors (Lipinski definition) is 1. The van der Waals surface area contributed by atoms with Crippen molar-refractivity contribution in [2.45, 2.75) is 296 Å². The Hall–Kier alpha value is -0.0400. The van der Waals surface area contributed by atoms with Crippen molar-refractivity contribution in [3.8, 4) is 0 Å². The number of aliphatic hydroxyl groups excluding tert-OH is 1. The van der Waals surface area contributed by atoms with E-state index in [1.54, 1.807) is 23.5 Å². The molecule has 0 heterocycles. The molecule has 0 rings (SSSR count). The largest absolute Gasteiger partial charge is 0.396 e. The molecule has 4 nitrogen and oxygen atoms in total. The summed E-state index contributed by atoms with van der Waals surface area (Å²) in [5, 5.41) is 10.8. The van der Waals surface area contributed by atoms with Gasteiger partial charge in [0.1, 0.15) is 0 Å². The van der Waals surface area contributed by atoms with Crippen molar-refractivity contribution in [2.75, 3.05) is 32.0 Å². The van der Waals surface area contributed by atoms with Gasteiger partial charge in [0.2, 0.25) is 0 Å². The van der Waals surface area contributed by atoms with E-state index in [0.29, 0.717) is 15.5 Å². The molecule has 0 bridgehead atoms. The molecule has 0 spiro atoms. The molecule has 0 radical (unpaired) electrons. The van der Waals surface area contributed by atoms with Gasteiger partial charge in [0.25, 0.3) is 0 Å². The zero-order valence-corrected chi connectivity index (χ0v) is 42.8. The van der Waals surface area contributed by atoms with E-state index in [1.807, 2.05) is 0 Å². The molecule has 60 heavy (non-hydrogen) atoms. The van der Waals surface area contributed by atoms with Crippen LogP contribution < -0.4 is 0 Å². The number of carbonyl (C=O) groups excluding carboxylic acids is 2. The Kier molecular flexibility index (Phi) is 49.9. The summed E-state index contributed by atoms with van der Waals surface area (Å²) >= 11 is 3.34. The Labute approximate surface area is 385 Å². The highest BCUT2D eigenvalue weighted by atomic mass is 32.2. The number of hydrogen-bond acceptors (Lipinski definition) is 6. The first-order valence-corrected chi connectivity index (χ1v) is 29.1. The fourth-order valence-corrected chi connectivity index (χ4v) is 10.9. The van der Waals surface area contributed by atoms with Crippen LogP contribution in [0.15, 0.2) is 0 Å². The van der Waals surface area contributed by atoms with Crippen molar-refractivity contribution in [3.63, 3.8) is 0 Å². The molecular weight excluding hydrogens is 775 g/mol. The average molecular weight is 883 g/mol. The molecule has 358 valence electrons. The maximum atomic E-state index is 13.4. The second kappa shape index (κ2) is 50.0. The van der Waals surface area contributed by atoms with Crippen LogP contribution in [0.1, 0.15) is 291 Å². The van der Waals surface area contributed by atoms with Gasteiger partial charge in [0.15, 0.2) is 10.2 Å². The molecule has 0 aromatic carbocycles. The standard InChI is InChI=1S/C54H107NO3S2/c1-5-9-13-17-21-23-26-32-42-51(41-31-25-19-15-11-7-3)54(58)59-50-40-30-29-36-46-55(48-38-39-49-56)47-37-35-45-53(57)60-52(43-33-27-20-16-12-8-4)44-34-28-24-22-18-14-10-6-2/h51-52,56H,5-50H2,1-4H3. The lowest BCUT2D eigenvalue weighted by Crippen LogP contribution is -2.27. The summed E-state index contributed by atoms with van der Waals surface area (Å²) in [6.07, 6.45) is 51.4. The van der Waals surface area contributed by atoms with Crippen molar-refractivity contribution in [2.24, 2.45) is 5.92 Å². The highest BCUT2D eigenvalue weighted by Crippen LogP contribution is 2.28. The lowest BCUT2D eigenvalue weighted by atomic mass is 9.95. The second-order valence-corrected chi connectivity index (χ2v) is 21.2. The maximum absolute atomic E-state index is 13.4. The van der Waals surface area contributed by atoms with Gasteiger partial charge in [-0.1, -0.05) is 244 Å². The molecule has 0 aliphatic rings. The van der Waals surface area contributed by atoms with Gasteiger partial charge >= 0.3 is 0 Å². The van der Waals surface area contributed by atoms with Crippen LogP contribution in [0.2, 0.25) is 0 Å². The molecule has 6 heteroatoms. The fraction of sp³-hybridized carbons (Fsp3) is 0.963.